The Balaban J connectivity index is 1.73. The van der Waals surface area contributed by atoms with E-state index in [-0.39, 0.29) is 5.91 Å². The van der Waals surface area contributed by atoms with E-state index in [0.29, 0.717) is 12.1 Å². The molecule has 1 N–H and O–H groups in total. The van der Waals surface area contributed by atoms with Gasteiger partial charge in [0.1, 0.15) is 0 Å². The molecule has 0 spiro atoms. The van der Waals surface area contributed by atoms with Crippen molar-refractivity contribution < 1.29 is 9.69 Å². The molecule has 0 unspecified atom stereocenters. The predicted octanol–water partition coefficient (Wildman–Crippen LogP) is 3.55. The topological polar surface area (TPSA) is 37.6 Å². The summed E-state index contributed by atoms with van der Waals surface area (Å²) in [5.41, 5.74) is 2.84. The molecule has 3 aromatic carbocycles. The van der Waals surface area contributed by atoms with Gasteiger partial charge in [0.05, 0.1) is 37.4 Å². The molecule has 4 aromatic rings. The number of hydrogen-bond acceptors (Lipinski definition) is 3. The van der Waals surface area contributed by atoms with Crippen molar-refractivity contribution in [3.63, 3.8) is 0 Å². The van der Waals surface area contributed by atoms with Crippen molar-refractivity contribution >= 4 is 43.4 Å². The van der Waals surface area contributed by atoms with Crippen molar-refractivity contribution in [2.45, 2.75) is 6.92 Å². The molecule has 0 fully saturated rings. The zero-order chi connectivity index (χ0) is 19.7. The summed E-state index contributed by atoms with van der Waals surface area (Å²) in [6.07, 6.45) is 0. The zero-order valence-electron chi connectivity index (χ0n) is 16.4. The summed E-state index contributed by atoms with van der Waals surface area (Å²) in [6, 6.07) is 20.2. The van der Waals surface area contributed by atoms with E-state index in [0.717, 1.165) is 32.7 Å². The van der Waals surface area contributed by atoms with Crippen molar-refractivity contribution in [2.24, 2.45) is 0 Å². The average Bonchev–Trinajstić information content (AvgIpc) is 3.10. The highest BCUT2D eigenvalue weighted by Crippen LogP contribution is 2.30. The van der Waals surface area contributed by atoms with Gasteiger partial charge in [-0.1, -0.05) is 47.7 Å². The summed E-state index contributed by atoms with van der Waals surface area (Å²) >= 11 is 1.58. The lowest BCUT2D eigenvalue weighted by molar-refractivity contribution is -0.856. The van der Waals surface area contributed by atoms with Crippen LogP contribution in [0.1, 0.15) is 15.9 Å². The maximum Gasteiger partial charge on any atom is 0.260 e. The molecular weight excluding hydrogens is 366 g/mol. The number of nitrogens with zero attached hydrogens (tertiary/aromatic N) is 2. The summed E-state index contributed by atoms with van der Waals surface area (Å²) in [5, 5.41) is 2.98. The van der Waals surface area contributed by atoms with Gasteiger partial charge in [0.25, 0.3) is 5.91 Å². The lowest BCUT2D eigenvalue weighted by Gasteiger charge is -2.21. The number of amides is 1. The largest absolute Gasteiger partial charge is 0.338 e. The van der Waals surface area contributed by atoms with Gasteiger partial charge in [0, 0.05) is 5.56 Å². The lowest BCUT2D eigenvalue weighted by Crippen LogP contribution is -3.06. The van der Waals surface area contributed by atoms with Crippen LogP contribution in [0.5, 0.6) is 0 Å². The summed E-state index contributed by atoms with van der Waals surface area (Å²) in [7, 11) is 4.20. The van der Waals surface area contributed by atoms with E-state index < -0.39 is 0 Å². The first kappa shape index (κ1) is 18.6. The van der Waals surface area contributed by atoms with E-state index in [1.165, 1.54) is 10.5 Å². The van der Waals surface area contributed by atoms with E-state index >= 15 is 0 Å². The summed E-state index contributed by atoms with van der Waals surface area (Å²) in [6.45, 7) is 3.56. The quantitative estimate of drug-likeness (QED) is 0.566. The van der Waals surface area contributed by atoms with Crippen LogP contribution in [0, 0.1) is 6.92 Å². The number of rotatable bonds is 5. The van der Waals surface area contributed by atoms with Crippen LogP contribution < -0.4 is 9.80 Å². The van der Waals surface area contributed by atoms with Gasteiger partial charge in [0.15, 0.2) is 5.13 Å². The standard InChI is InChI=1S/C23H23N3OS/c1-16-8-11-20-21(14-16)28-23(24-20)26(13-12-25(2)3)22(27)19-10-9-17-6-4-5-7-18(17)15-19/h4-11,14-15H,12-13H2,1-3H3/p+1. The highest BCUT2D eigenvalue weighted by atomic mass is 32.1. The monoisotopic (exact) mass is 390 g/mol. The smallest absolute Gasteiger partial charge is 0.260 e. The molecule has 0 aliphatic rings. The predicted molar refractivity (Wildman–Crippen MR) is 118 cm³/mol. The summed E-state index contributed by atoms with van der Waals surface area (Å²) in [5.74, 6) is 0.00258. The van der Waals surface area contributed by atoms with E-state index in [1.54, 1.807) is 11.3 Å². The Hall–Kier alpha value is -2.76. The molecule has 142 valence electrons. The molecule has 1 amide bonds. The third kappa shape index (κ3) is 3.77. The number of aromatic nitrogens is 1. The number of nitrogens with one attached hydrogen (secondary N) is 1. The fourth-order valence-electron chi connectivity index (χ4n) is 3.23. The minimum Gasteiger partial charge on any atom is -0.338 e. The normalized spacial score (nSPS) is 11.4. The van der Waals surface area contributed by atoms with Crippen LogP contribution in [0.15, 0.2) is 60.7 Å². The van der Waals surface area contributed by atoms with Gasteiger partial charge in [-0.05, 0) is 47.5 Å². The van der Waals surface area contributed by atoms with Crippen LogP contribution in [-0.4, -0.2) is 38.1 Å². The van der Waals surface area contributed by atoms with E-state index in [1.807, 2.05) is 47.4 Å². The Kier molecular flexibility index (Phi) is 5.11. The van der Waals surface area contributed by atoms with Crippen molar-refractivity contribution in [1.29, 1.82) is 0 Å². The Morgan fingerprint density at radius 2 is 1.82 bits per heavy atom. The van der Waals surface area contributed by atoms with Crippen molar-refractivity contribution in [2.75, 3.05) is 32.1 Å². The van der Waals surface area contributed by atoms with Crippen LogP contribution in [-0.2, 0) is 0 Å². The van der Waals surface area contributed by atoms with Crippen LogP contribution >= 0.6 is 11.3 Å². The van der Waals surface area contributed by atoms with Crippen LogP contribution in [0.2, 0.25) is 0 Å². The maximum absolute atomic E-state index is 13.4. The average molecular weight is 391 g/mol. The first-order valence-corrected chi connectivity index (χ1v) is 10.3. The molecule has 5 heteroatoms. The molecule has 0 aliphatic carbocycles. The van der Waals surface area contributed by atoms with Crippen molar-refractivity contribution in [1.82, 2.24) is 4.98 Å². The number of hydrogen-bond donors (Lipinski definition) is 1. The van der Waals surface area contributed by atoms with Gasteiger partial charge in [0.2, 0.25) is 0 Å². The Morgan fingerprint density at radius 1 is 1.04 bits per heavy atom. The lowest BCUT2D eigenvalue weighted by atomic mass is 10.1. The van der Waals surface area contributed by atoms with E-state index in [4.69, 9.17) is 4.98 Å². The second-order valence-corrected chi connectivity index (χ2v) is 8.45. The number of quaternary nitrogens is 1. The molecule has 4 rings (SSSR count). The molecular formula is C23H24N3OS+. The first-order valence-electron chi connectivity index (χ1n) is 9.48. The fraction of sp³-hybridized carbons (Fsp3) is 0.217. The van der Waals surface area contributed by atoms with Crippen LogP contribution in [0.3, 0.4) is 0 Å². The summed E-state index contributed by atoms with van der Waals surface area (Å²) in [4.78, 5) is 21.3. The van der Waals surface area contributed by atoms with Gasteiger partial charge < -0.3 is 4.90 Å². The van der Waals surface area contributed by atoms with E-state index in [9.17, 15) is 4.79 Å². The molecule has 1 heterocycles. The second-order valence-electron chi connectivity index (χ2n) is 7.44. The molecule has 4 nitrogen and oxygen atoms in total. The number of thiazole rings is 1. The molecule has 0 radical (unpaired) electrons. The summed E-state index contributed by atoms with van der Waals surface area (Å²) < 4.78 is 1.11. The molecule has 0 saturated carbocycles. The number of anilines is 1. The Bertz CT molecular complexity index is 1150. The first-order chi connectivity index (χ1) is 13.5. The van der Waals surface area contributed by atoms with Crippen LogP contribution in [0.25, 0.3) is 21.0 Å². The van der Waals surface area contributed by atoms with Gasteiger partial charge in [-0.3, -0.25) is 9.69 Å². The maximum atomic E-state index is 13.4. The number of likely N-dealkylation sites (N-methyl/N-ethyl adjacent to an activating group) is 1. The second kappa shape index (κ2) is 7.70. The van der Waals surface area contributed by atoms with E-state index in [2.05, 4.69) is 39.2 Å². The van der Waals surface area contributed by atoms with Crippen molar-refractivity contribution in [3.8, 4) is 0 Å². The Morgan fingerprint density at radius 3 is 2.61 bits per heavy atom. The minimum absolute atomic E-state index is 0.00258. The molecule has 28 heavy (non-hydrogen) atoms. The minimum atomic E-state index is 0.00258. The van der Waals surface area contributed by atoms with Gasteiger partial charge in [-0.2, -0.15) is 0 Å². The van der Waals surface area contributed by atoms with Gasteiger partial charge >= 0.3 is 0 Å². The number of fused-ring (bicyclic) bond motifs is 2. The van der Waals surface area contributed by atoms with Crippen LogP contribution in [0.4, 0.5) is 5.13 Å². The third-order valence-electron chi connectivity index (χ3n) is 4.84. The molecule has 0 aliphatic heterocycles. The highest BCUT2D eigenvalue weighted by Gasteiger charge is 2.22. The Labute approximate surface area is 169 Å². The van der Waals surface area contributed by atoms with Crippen molar-refractivity contribution in [3.05, 3.63) is 71.8 Å². The number of benzene rings is 3. The molecule has 0 saturated heterocycles. The van der Waals surface area contributed by atoms with Gasteiger partial charge in [-0.15, -0.1) is 0 Å². The fourth-order valence-corrected chi connectivity index (χ4v) is 4.32. The number of carbonyl (C=O) groups is 1. The van der Waals surface area contributed by atoms with Gasteiger partial charge in [-0.25, -0.2) is 4.98 Å². The number of aryl methyl sites for hydroxylation is 1. The SMILES string of the molecule is Cc1ccc2nc(N(CC[NH+](C)C)C(=O)c3ccc4ccccc4c3)sc2c1. The molecule has 0 atom stereocenters. The molecule has 0 bridgehead atoms. The third-order valence-corrected chi connectivity index (χ3v) is 5.88. The highest BCUT2D eigenvalue weighted by molar-refractivity contribution is 7.22. The number of carbonyl (C=O) groups excluding carboxylic acids is 1. The zero-order valence-corrected chi connectivity index (χ0v) is 17.2. The molecule has 1 aromatic heterocycles.